The Morgan fingerprint density at radius 1 is 1.24 bits per heavy atom. The Morgan fingerprint density at radius 2 is 2.07 bits per heavy atom. The maximum atomic E-state index is 12.2. The summed E-state index contributed by atoms with van der Waals surface area (Å²) in [5.74, 6) is 0.305. The number of ether oxygens (including phenoxy) is 4. The lowest BCUT2D eigenvalue weighted by atomic mass is 9.84. The molecular formula is C20H28N2O7. The van der Waals surface area contributed by atoms with Crippen LogP contribution in [0.5, 0.6) is 5.75 Å². The van der Waals surface area contributed by atoms with Crippen LogP contribution in [-0.2, 0) is 23.8 Å². The monoisotopic (exact) mass is 408 g/mol. The average Bonchev–Trinajstić information content (AvgIpc) is 3.06. The van der Waals surface area contributed by atoms with Crippen LogP contribution >= 0.6 is 0 Å². The van der Waals surface area contributed by atoms with E-state index < -0.39 is 6.10 Å². The Hall–Kier alpha value is -2.20. The smallest absolute Gasteiger partial charge is 0.250 e. The number of carbonyl (C=O) groups is 2. The summed E-state index contributed by atoms with van der Waals surface area (Å²) < 4.78 is 21.7. The lowest BCUT2D eigenvalue weighted by Gasteiger charge is -2.37. The van der Waals surface area contributed by atoms with E-state index in [1.54, 1.807) is 19.2 Å². The normalized spacial score (nSPS) is 24.9. The number of carbonyl (C=O) groups excluding carboxylic acids is 2. The van der Waals surface area contributed by atoms with Gasteiger partial charge in [-0.1, -0.05) is 0 Å². The molecule has 29 heavy (non-hydrogen) atoms. The predicted molar refractivity (Wildman–Crippen MR) is 104 cm³/mol. The Balaban J connectivity index is 1.70. The summed E-state index contributed by atoms with van der Waals surface area (Å²) in [7, 11) is 3.04. The van der Waals surface area contributed by atoms with Crippen molar-refractivity contribution in [3.63, 3.8) is 0 Å². The van der Waals surface area contributed by atoms with Crippen molar-refractivity contribution in [3.05, 3.63) is 23.8 Å². The van der Waals surface area contributed by atoms with Crippen molar-refractivity contribution in [3.8, 4) is 5.75 Å². The van der Waals surface area contributed by atoms with Crippen molar-refractivity contribution in [2.24, 2.45) is 0 Å². The predicted octanol–water partition coefficient (Wildman–Crippen LogP) is 0.419. The Morgan fingerprint density at radius 3 is 2.79 bits per heavy atom. The minimum absolute atomic E-state index is 0.0275. The molecule has 9 heteroatoms. The van der Waals surface area contributed by atoms with Crippen molar-refractivity contribution in [2.45, 2.75) is 37.1 Å². The van der Waals surface area contributed by atoms with Gasteiger partial charge in [-0.15, -0.1) is 0 Å². The van der Waals surface area contributed by atoms with Gasteiger partial charge >= 0.3 is 0 Å². The summed E-state index contributed by atoms with van der Waals surface area (Å²) in [6, 6.07) is 5.44. The van der Waals surface area contributed by atoms with E-state index in [-0.39, 0.29) is 49.6 Å². The molecule has 2 amide bonds. The minimum atomic E-state index is -0.524. The fraction of sp³-hybridized carbons (Fsp3) is 0.600. The number of nitrogens with one attached hydrogen (secondary N) is 2. The molecule has 0 radical (unpaired) electrons. The number of aliphatic hydroxyl groups excluding tert-OH is 1. The van der Waals surface area contributed by atoms with Crippen LogP contribution in [0.2, 0.25) is 0 Å². The van der Waals surface area contributed by atoms with Crippen molar-refractivity contribution in [1.82, 2.24) is 5.32 Å². The van der Waals surface area contributed by atoms with Crippen molar-refractivity contribution in [2.75, 3.05) is 45.9 Å². The Labute approximate surface area is 169 Å². The number of anilines is 1. The van der Waals surface area contributed by atoms with Gasteiger partial charge in [-0.2, -0.15) is 0 Å². The number of fused-ring (bicyclic) bond motifs is 3. The highest BCUT2D eigenvalue weighted by atomic mass is 16.6. The zero-order valence-corrected chi connectivity index (χ0v) is 16.7. The van der Waals surface area contributed by atoms with E-state index in [9.17, 15) is 14.7 Å². The fourth-order valence-corrected chi connectivity index (χ4v) is 3.87. The number of hydrogen-bond donors (Lipinski definition) is 3. The van der Waals surface area contributed by atoms with Crippen LogP contribution in [0.3, 0.4) is 0 Å². The summed E-state index contributed by atoms with van der Waals surface area (Å²) >= 11 is 0. The van der Waals surface area contributed by atoms with E-state index in [1.165, 1.54) is 7.11 Å². The quantitative estimate of drug-likeness (QED) is 0.507. The zero-order valence-electron chi connectivity index (χ0n) is 16.7. The molecule has 0 aliphatic carbocycles. The van der Waals surface area contributed by atoms with Crippen LogP contribution in [0.15, 0.2) is 18.2 Å². The molecule has 0 bridgehead atoms. The molecule has 2 aliphatic rings. The van der Waals surface area contributed by atoms with E-state index in [0.717, 1.165) is 5.56 Å². The molecule has 0 unspecified atom stereocenters. The molecule has 1 fully saturated rings. The molecule has 1 saturated heterocycles. The van der Waals surface area contributed by atoms with Crippen molar-refractivity contribution in [1.29, 1.82) is 0 Å². The molecule has 4 atom stereocenters. The number of methoxy groups -OCH3 is 2. The van der Waals surface area contributed by atoms with Gasteiger partial charge in [0.05, 0.1) is 25.7 Å². The van der Waals surface area contributed by atoms with Gasteiger partial charge < -0.3 is 34.7 Å². The van der Waals surface area contributed by atoms with Crippen molar-refractivity contribution >= 4 is 17.5 Å². The van der Waals surface area contributed by atoms with Gasteiger partial charge in [0, 0.05) is 37.9 Å². The first-order valence-electron chi connectivity index (χ1n) is 9.67. The highest BCUT2D eigenvalue weighted by Crippen LogP contribution is 2.47. The highest BCUT2D eigenvalue weighted by molar-refractivity contribution is 5.91. The first-order chi connectivity index (χ1) is 14.0. The number of amides is 2. The standard InChI is InChI=1S/C20H28N2O7/c1-26-6-5-21-18(24)9-13-8-15-14-7-12(22-19(25)11-27-2)3-4-16(14)29-20(15)17(10-23)28-13/h3-4,7,13,15,17,20,23H,5-6,8-11H2,1-2H3,(H,21,24)(H,22,25)/t13-,15-,17-,20+/m0/s1. The topological polar surface area (TPSA) is 115 Å². The van der Waals surface area contributed by atoms with Crippen LogP contribution in [0.1, 0.15) is 24.3 Å². The summed E-state index contributed by atoms with van der Waals surface area (Å²) in [4.78, 5) is 24.0. The van der Waals surface area contributed by atoms with E-state index >= 15 is 0 Å². The largest absolute Gasteiger partial charge is 0.487 e. The van der Waals surface area contributed by atoms with Crippen LogP contribution in [-0.4, -0.2) is 75.8 Å². The lowest BCUT2D eigenvalue weighted by molar-refractivity contribution is -0.142. The second kappa shape index (κ2) is 10.0. The van der Waals surface area contributed by atoms with Gasteiger partial charge in [0.2, 0.25) is 11.8 Å². The van der Waals surface area contributed by atoms with Crippen LogP contribution < -0.4 is 15.4 Å². The molecule has 0 saturated carbocycles. The van der Waals surface area contributed by atoms with Gasteiger partial charge in [-0.05, 0) is 24.6 Å². The molecular weight excluding hydrogens is 380 g/mol. The van der Waals surface area contributed by atoms with Crippen LogP contribution in [0.4, 0.5) is 5.69 Å². The molecule has 3 N–H and O–H groups in total. The molecule has 3 rings (SSSR count). The number of aliphatic hydroxyl groups is 1. The molecule has 9 nitrogen and oxygen atoms in total. The number of rotatable bonds is 9. The Bertz CT molecular complexity index is 727. The van der Waals surface area contributed by atoms with Crippen molar-refractivity contribution < 1.29 is 33.6 Å². The van der Waals surface area contributed by atoms with Gasteiger partial charge in [-0.25, -0.2) is 0 Å². The first kappa shape index (κ1) is 21.5. The van der Waals surface area contributed by atoms with E-state index in [0.29, 0.717) is 31.0 Å². The summed E-state index contributed by atoms with van der Waals surface area (Å²) in [5, 5.41) is 15.4. The summed E-state index contributed by atoms with van der Waals surface area (Å²) in [5.41, 5.74) is 1.59. The van der Waals surface area contributed by atoms with Gasteiger partial charge in [0.1, 0.15) is 24.6 Å². The summed E-state index contributed by atoms with van der Waals surface area (Å²) in [6.45, 7) is 0.655. The van der Waals surface area contributed by atoms with Gasteiger partial charge in [-0.3, -0.25) is 9.59 Å². The summed E-state index contributed by atoms with van der Waals surface area (Å²) in [6.07, 6.45) is -0.404. The second-order valence-electron chi connectivity index (χ2n) is 7.18. The average molecular weight is 408 g/mol. The third kappa shape index (κ3) is 5.24. The van der Waals surface area contributed by atoms with Gasteiger partial charge in [0.25, 0.3) is 0 Å². The first-order valence-corrected chi connectivity index (χ1v) is 9.67. The molecule has 2 heterocycles. The Kier molecular flexibility index (Phi) is 7.43. The maximum absolute atomic E-state index is 12.2. The zero-order chi connectivity index (χ0) is 20.8. The van der Waals surface area contributed by atoms with E-state index in [2.05, 4.69) is 10.6 Å². The van der Waals surface area contributed by atoms with Crippen LogP contribution in [0.25, 0.3) is 0 Å². The number of benzene rings is 1. The molecule has 160 valence electrons. The molecule has 2 aliphatic heterocycles. The lowest BCUT2D eigenvalue weighted by Crippen LogP contribution is -2.47. The number of hydrogen-bond acceptors (Lipinski definition) is 7. The minimum Gasteiger partial charge on any atom is -0.487 e. The third-order valence-corrected chi connectivity index (χ3v) is 5.10. The third-order valence-electron chi connectivity index (χ3n) is 5.10. The molecule has 1 aromatic carbocycles. The van der Waals surface area contributed by atoms with E-state index in [4.69, 9.17) is 18.9 Å². The second-order valence-corrected chi connectivity index (χ2v) is 7.18. The highest BCUT2D eigenvalue weighted by Gasteiger charge is 2.46. The fourth-order valence-electron chi connectivity index (χ4n) is 3.87. The SMILES string of the molecule is COCCNC(=O)C[C@@H]1C[C@H]2c3cc(NC(=O)COC)ccc3O[C@H]2[C@H](CO)O1. The van der Waals surface area contributed by atoms with E-state index in [1.807, 2.05) is 6.07 Å². The van der Waals surface area contributed by atoms with Crippen LogP contribution in [0, 0.1) is 0 Å². The molecule has 0 aromatic heterocycles. The molecule has 1 aromatic rings. The maximum Gasteiger partial charge on any atom is 0.250 e. The molecule has 0 spiro atoms. The van der Waals surface area contributed by atoms with Gasteiger partial charge in [0.15, 0.2) is 0 Å².